The molecule has 0 saturated carbocycles. The summed E-state index contributed by atoms with van der Waals surface area (Å²) in [6.07, 6.45) is -2.48. The largest absolute Gasteiger partial charge is 0.434 e. The summed E-state index contributed by atoms with van der Waals surface area (Å²) in [4.78, 5) is 24.5. The fraction of sp³-hybridized carbons (Fsp3) is 0.722. The van der Waals surface area contributed by atoms with Crippen molar-refractivity contribution in [2.24, 2.45) is 10.9 Å². The predicted molar refractivity (Wildman–Crippen MR) is 119 cm³/mol. The van der Waals surface area contributed by atoms with E-state index in [1.165, 1.54) is 0 Å². The molecule has 30 heavy (non-hydrogen) atoms. The van der Waals surface area contributed by atoms with Gasteiger partial charge in [0.25, 0.3) is 0 Å². The molecule has 0 spiro atoms. The minimum Gasteiger partial charge on any atom is -0.378 e. The molecule has 2 aliphatic heterocycles. The van der Waals surface area contributed by atoms with Gasteiger partial charge in [0.2, 0.25) is 5.91 Å². The number of carbonyl (C=O) groups excluding carboxylic acids is 1. The van der Waals surface area contributed by atoms with Crippen molar-refractivity contribution in [3.05, 3.63) is 16.1 Å². The zero-order valence-electron chi connectivity index (χ0n) is 16.8. The van der Waals surface area contributed by atoms with Crippen molar-refractivity contribution in [1.29, 1.82) is 0 Å². The number of likely N-dealkylation sites (tertiary alicyclic amines) is 1. The van der Waals surface area contributed by atoms with E-state index in [0.29, 0.717) is 50.2 Å². The van der Waals surface area contributed by atoms with Crippen LogP contribution in [0, 0.1) is 5.92 Å². The number of morpholine rings is 1. The Labute approximate surface area is 195 Å². The number of nitrogens with one attached hydrogen (secondary N) is 1. The Hall–Kier alpha value is -1.15. The Balaban J connectivity index is 0.00000320. The SMILES string of the molecule is CN=C(NCCc1nc(C(F)(F)F)cs1)N1CCC(C(=O)N2CCOCC2)CC1.I. The fourth-order valence-electron chi connectivity index (χ4n) is 3.55. The van der Waals surface area contributed by atoms with Crippen molar-refractivity contribution in [2.75, 3.05) is 53.0 Å². The van der Waals surface area contributed by atoms with Crippen molar-refractivity contribution in [3.8, 4) is 0 Å². The molecule has 1 aromatic heterocycles. The van der Waals surface area contributed by atoms with Gasteiger partial charge in [-0.1, -0.05) is 0 Å². The molecule has 7 nitrogen and oxygen atoms in total. The highest BCUT2D eigenvalue weighted by molar-refractivity contribution is 14.0. The van der Waals surface area contributed by atoms with Gasteiger partial charge in [-0.15, -0.1) is 35.3 Å². The molecule has 2 fully saturated rings. The number of aliphatic imine (C=N–C) groups is 1. The number of rotatable bonds is 4. The lowest BCUT2D eigenvalue weighted by atomic mass is 9.95. The van der Waals surface area contributed by atoms with Crippen molar-refractivity contribution in [3.63, 3.8) is 0 Å². The maximum atomic E-state index is 12.6. The van der Waals surface area contributed by atoms with E-state index in [1.807, 2.05) is 4.90 Å². The lowest BCUT2D eigenvalue weighted by molar-refractivity contribution is -0.141. The molecule has 3 heterocycles. The second-order valence-corrected chi connectivity index (χ2v) is 7.99. The number of nitrogens with zero attached hydrogens (tertiary/aromatic N) is 4. The number of alkyl halides is 3. The zero-order chi connectivity index (χ0) is 20.9. The van der Waals surface area contributed by atoms with Gasteiger partial charge < -0.3 is 19.9 Å². The minimum absolute atomic E-state index is 0. The lowest BCUT2D eigenvalue weighted by Crippen LogP contribution is -2.50. The molecule has 3 rings (SSSR count). The number of thiazole rings is 1. The average Bonchev–Trinajstić information content (AvgIpc) is 3.21. The molecule has 0 aromatic carbocycles. The Kier molecular flexibility index (Phi) is 9.60. The number of carbonyl (C=O) groups is 1. The molecular weight excluding hydrogens is 534 g/mol. The Morgan fingerprint density at radius 1 is 1.27 bits per heavy atom. The first kappa shape index (κ1) is 25.1. The van der Waals surface area contributed by atoms with Crippen molar-refractivity contribution >= 4 is 47.2 Å². The second kappa shape index (κ2) is 11.5. The summed E-state index contributed by atoms with van der Waals surface area (Å²) in [5.74, 6) is 0.938. The highest BCUT2D eigenvalue weighted by Gasteiger charge is 2.33. The molecule has 1 N–H and O–H groups in total. The highest BCUT2D eigenvalue weighted by atomic mass is 127. The molecule has 2 saturated heterocycles. The average molecular weight is 561 g/mol. The molecule has 0 bridgehead atoms. The number of halogens is 4. The number of aromatic nitrogens is 1. The first-order chi connectivity index (χ1) is 13.9. The van der Waals surface area contributed by atoms with Crippen LogP contribution in [0.3, 0.4) is 0 Å². The minimum atomic E-state index is -4.40. The van der Waals surface area contributed by atoms with Gasteiger partial charge in [0.05, 0.1) is 18.2 Å². The Morgan fingerprint density at radius 2 is 1.93 bits per heavy atom. The summed E-state index contributed by atoms with van der Waals surface area (Å²) in [7, 11) is 1.68. The quantitative estimate of drug-likeness (QED) is 0.348. The summed E-state index contributed by atoms with van der Waals surface area (Å²) in [5.41, 5.74) is -0.839. The number of amides is 1. The van der Waals surface area contributed by atoms with Gasteiger partial charge in [-0.2, -0.15) is 13.2 Å². The second-order valence-electron chi connectivity index (χ2n) is 7.05. The number of ether oxygens (including phenoxy) is 1. The van der Waals surface area contributed by atoms with Crippen molar-refractivity contribution in [2.45, 2.75) is 25.4 Å². The Bertz CT molecular complexity index is 717. The van der Waals surface area contributed by atoms with Crippen LogP contribution in [0.15, 0.2) is 10.4 Å². The fourth-order valence-corrected chi connectivity index (χ4v) is 4.35. The zero-order valence-corrected chi connectivity index (χ0v) is 19.9. The number of hydrogen-bond acceptors (Lipinski definition) is 5. The van der Waals surface area contributed by atoms with Crippen LogP contribution in [0.4, 0.5) is 13.2 Å². The molecule has 2 aliphatic rings. The first-order valence-electron chi connectivity index (χ1n) is 9.72. The first-order valence-corrected chi connectivity index (χ1v) is 10.6. The third-order valence-electron chi connectivity index (χ3n) is 5.14. The van der Waals surface area contributed by atoms with Crippen LogP contribution in [-0.2, 0) is 22.1 Å². The van der Waals surface area contributed by atoms with E-state index in [0.717, 1.165) is 42.6 Å². The monoisotopic (exact) mass is 561 g/mol. The van der Waals surface area contributed by atoms with Crippen LogP contribution >= 0.6 is 35.3 Å². The number of piperidine rings is 1. The van der Waals surface area contributed by atoms with E-state index < -0.39 is 11.9 Å². The molecule has 0 atom stereocenters. The van der Waals surface area contributed by atoms with E-state index in [1.54, 1.807) is 7.05 Å². The molecule has 0 unspecified atom stereocenters. The molecule has 0 radical (unpaired) electrons. The van der Waals surface area contributed by atoms with Gasteiger partial charge in [0.15, 0.2) is 11.7 Å². The highest BCUT2D eigenvalue weighted by Crippen LogP contribution is 2.30. The van der Waals surface area contributed by atoms with E-state index >= 15 is 0 Å². The van der Waals surface area contributed by atoms with Gasteiger partial charge in [-0.3, -0.25) is 9.79 Å². The predicted octanol–water partition coefficient (Wildman–Crippen LogP) is 2.47. The van der Waals surface area contributed by atoms with Gasteiger partial charge in [-0.05, 0) is 12.8 Å². The van der Waals surface area contributed by atoms with Crippen LogP contribution < -0.4 is 5.32 Å². The van der Waals surface area contributed by atoms with Crippen LogP contribution in [0.1, 0.15) is 23.5 Å². The summed E-state index contributed by atoms with van der Waals surface area (Å²) in [6.45, 7) is 4.41. The van der Waals surface area contributed by atoms with Crippen molar-refractivity contribution in [1.82, 2.24) is 20.1 Å². The molecule has 1 aromatic rings. The third-order valence-corrected chi connectivity index (χ3v) is 6.05. The Morgan fingerprint density at radius 3 is 2.50 bits per heavy atom. The molecular formula is C18H27F3IN5O2S. The van der Waals surface area contributed by atoms with Crippen LogP contribution in [0.25, 0.3) is 0 Å². The van der Waals surface area contributed by atoms with E-state index in [-0.39, 0.29) is 35.8 Å². The van der Waals surface area contributed by atoms with E-state index in [2.05, 4.69) is 20.2 Å². The topological polar surface area (TPSA) is 70.1 Å². The van der Waals surface area contributed by atoms with Gasteiger partial charge in [0, 0.05) is 57.5 Å². The normalized spacial score (nSPS) is 18.9. The van der Waals surface area contributed by atoms with Gasteiger partial charge in [0.1, 0.15) is 0 Å². The maximum Gasteiger partial charge on any atom is 0.434 e. The van der Waals surface area contributed by atoms with Crippen molar-refractivity contribution < 1.29 is 22.7 Å². The summed E-state index contributed by atoms with van der Waals surface area (Å²) in [6, 6.07) is 0. The van der Waals surface area contributed by atoms with E-state index in [4.69, 9.17) is 4.74 Å². The molecule has 170 valence electrons. The standard InChI is InChI=1S/C18H26F3N5O2S.HI/c1-22-17(23-5-2-15-24-14(12-29-15)18(19,20)21)26-6-3-13(4-7-26)16(27)25-8-10-28-11-9-25;/h12-13H,2-11H2,1H3,(H,22,23);1H. The number of hydrogen-bond donors (Lipinski definition) is 1. The lowest BCUT2D eigenvalue weighted by Gasteiger charge is -2.36. The van der Waals surface area contributed by atoms with Gasteiger partial charge in [-0.25, -0.2) is 4.98 Å². The van der Waals surface area contributed by atoms with E-state index in [9.17, 15) is 18.0 Å². The summed E-state index contributed by atoms with van der Waals surface area (Å²) in [5, 5.41) is 4.67. The van der Waals surface area contributed by atoms with Crippen LogP contribution in [0.5, 0.6) is 0 Å². The van der Waals surface area contributed by atoms with Gasteiger partial charge >= 0.3 is 6.18 Å². The van der Waals surface area contributed by atoms with Crippen LogP contribution in [0.2, 0.25) is 0 Å². The summed E-state index contributed by atoms with van der Waals surface area (Å²) >= 11 is 1.01. The molecule has 1 amide bonds. The molecule has 0 aliphatic carbocycles. The maximum absolute atomic E-state index is 12.6. The summed E-state index contributed by atoms with van der Waals surface area (Å²) < 4.78 is 43.2. The smallest absolute Gasteiger partial charge is 0.378 e. The number of guanidine groups is 1. The third kappa shape index (κ3) is 6.67. The molecule has 12 heteroatoms. The van der Waals surface area contributed by atoms with Crippen LogP contribution in [-0.4, -0.2) is 79.6 Å².